The fourth-order valence-corrected chi connectivity index (χ4v) is 4.19. The normalized spacial score (nSPS) is 19.8. The van der Waals surface area contributed by atoms with Crippen LogP contribution in [0, 0.1) is 5.82 Å². The van der Waals surface area contributed by atoms with Gasteiger partial charge in [-0.2, -0.15) is 9.67 Å². The van der Waals surface area contributed by atoms with Gasteiger partial charge in [0.15, 0.2) is 0 Å². The van der Waals surface area contributed by atoms with Crippen LogP contribution in [0.2, 0.25) is 0 Å². The molecule has 8 heteroatoms. The summed E-state index contributed by atoms with van der Waals surface area (Å²) >= 11 is 0. The molecule has 26 heavy (non-hydrogen) atoms. The molecule has 1 aliphatic heterocycles. The Kier molecular flexibility index (Phi) is 4.67. The average Bonchev–Trinajstić information content (AvgIpc) is 3.01. The summed E-state index contributed by atoms with van der Waals surface area (Å²) in [6.45, 7) is 3.70. The summed E-state index contributed by atoms with van der Waals surface area (Å²) in [5.74, 6) is -0.0522. The van der Waals surface area contributed by atoms with Crippen LogP contribution in [0.5, 0.6) is 0 Å². The van der Waals surface area contributed by atoms with Crippen molar-refractivity contribution in [3.8, 4) is 5.69 Å². The molecule has 2 heterocycles. The lowest BCUT2D eigenvalue weighted by molar-refractivity contribution is 0.147. The number of nitrogens with zero attached hydrogens (tertiary/aromatic N) is 5. The Morgan fingerprint density at radius 3 is 2.35 bits per heavy atom. The van der Waals surface area contributed by atoms with E-state index in [4.69, 9.17) is 11.5 Å². The van der Waals surface area contributed by atoms with Crippen LogP contribution >= 0.6 is 0 Å². The van der Waals surface area contributed by atoms with Crippen molar-refractivity contribution in [3.63, 3.8) is 0 Å². The van der Waals surface area contributed by atoms with Gasteiger partial charge < -0.3 is 16.4 Å². The Bertz CT molecular complexity index is 761. The van der Waals surface area contributed by atoms with E-state index in [1.54, 1.807) is 12.1 Å². The molecule has 1 saturated carbocycles. The van der Waals surface area contributed by atoms with Gasteiger partial charge in [0.2, 0.25) is 11.9 Å². The first-order valence-electron chi connectivity index (χ1n) is 9.39. The summed E-state index contributed by atoms with van der Waals surface area (Å²) in [5.41, 5.74) is 12.5. The van der Waals surface area contributed by atoms with Gasteiger partial charge in [0, 0.05) is 38.3 Å². The number of piperazine rings is 1. The van der Waals surface area contributed by atoms with Crippen molar-refractivity contribution in [3.05, 3.63) is 24.0 Å². The lowest BCUT2D eigenvalue weighted by Crippen LogP contribution is -2.51. The smallest absolute Gasteiger partial charge is 0.241 e. The van der Waals surface area contributed by atoms with Crippen molar-refractivity contribution in [1.82, 2.24) is 19.7 Å². The Balaban J connectivity index is 1.44. The molecule has 1 aromatic heterocycles. The molecule has 2 fully saturated rings. The van der Waals surface area contributed by atoms with Crippen LogP contribution in [0.3, 0.4) is 0 Å². The maximum atomic E-state index is 14.7. The largest absolute Gasteiger partial charge is 0.368 e. The molecular formula is C18H26FN7. The number of halogens is 1. The first-order valence-corrected chi connectivity index (χ1v) is 9.39. The summed E-state index contributed by atoms with van der Waals surface area (Å²) < 4.78 is 16.1. The molecule has 2 aliphatic rings. The van der Waals surface area contributed by atoms with Crippen molar-refractivity contribution in [2.24, 2.45) is 0 Å². The van der Waals surface area contributed by atoms with Crippen LogP contribution in [-0.4, -0.2) is 51.9 Å². The highest BCUT2D eigenvalue weighted by molar-refractivity contribution is 5.54. The third-order valence-corrected chi connectivity index (χ3v) is 5.57. The highest BCUT2D eigenvalue weighted by atomic mass is 19.1. The number of benzene rings is 1. The van der Waals surface area contributed by atoms with E-state index in [2.05, 4.69) is 19.9 Å². The number of hydrogen-bond acceptors (Lipinski definition) is 6. The lowest BCUT2D eigenvalue weighted by Gasteiger charge is -2.41. The Labute approximate surface area is 152 Å². The van der Waals surface area contributed by atoms with Crippen LogP contribution < -0.4 is 16.4 Å². The van der Waals surface area contributed by atoms with Crippen molar-refractivity contribution < 1.29 is 4.39 Å². The second-order valence-electron chi connectivity index (χ2n) is 7.19. The van der Waals surface area contributed by atoms with Gasteiger partial charge in [0.05, 0.1) is 11.4 Å². The minimum atomic E-state index is -0.276. The standard InChI is InChI=1S/C18H26FN7/c19-15-12-14(26-18(21)22-17(20)23-26)6-7-16(15)25-10-8-24(9-11-25)13-4-2-1-3-5-13/h6-7,12-13H,1-5,8-11H2,(H4,20,21,22,23). The number of anilines is 3. The summed E-state index contributed by atoms with van der Waals surface area (Å²) in [5, 5.41) is 4.00. The van der Waals surface area contributed by atoms with Gasteiger partial charge in [0.25, 0.3) is 0 Å². The predicted octanol–water partition coefficient (Wildman–Crippen LogP) is 2.03. The van der Waals surface area contributed by atoms with E-state index in [0.717, 1.165) is 32.2 Å². The topological polar surface area (TPSA) is 89.2 Å². The zero-order chi connectivity index (χ0) is 18.1. The summed E-state index contributed by atoms with van der Waals surface area (Å²) in [7, 11) is 0. The Hall–Kier alpha value is -2.35. The fraction of sp³-hybridized carbons (Fsp3) is 0.556. The third-order valence-electron chi connectivity index (χ3n) is 5.57. The summed E-state index contributed by atoms with van der Waals surface area (Å²) in [4.78, 5) is 8.56. The zero-order valence-electron chi connectivity index (χ0n) is 14.9. The Morgan fingerprint density at radius 2 is 1.73 bits per heavy atom. The molecule has 1 saturated heterocycles. The molecule has 4 N–H and O–H groups in total. The van der Waals surface area contributed by atoms with E-state index < -0.39 is 0 Å². The van der Waals surface area contributed by atoms with E-state index in [1.807, 2.05) is 0 Å². The van der Waals surface area contributed by atoms with Crippen molar-refractivity contribution in [2.45, 2.75) is 38.1 Å². The maximum absolute atomic E-state index is 14.7. The molecule has 140 valence electrons. The van der Waals surface area contributed by atoms with Crippen molar-refractivity contribution in [1.29, 1.82) is 0 Å². The molecule has 0 unspecified atom stereocenters. The second-order valence-corrected chi connectivity index (χ2v) is 7.19. The first kappa shape index (κ1) is 17.1. The van der Waals surface area contributed by atoms with Crippen molar-refractivity contribution in [2.75, 3.05) is 42.5 Å². The van der Waals surface area contributed by atoms with E-state index in [-0.39, 0.29) is 17.7 Å². The minimum absolute atomic E-state index is 0.0748. The molecule has 7 nitrogen and oxygen atoms in total. The van der Waals surface area contributed by atoms with Crippen LogP contribution in [0.25, 0.3) is 5.69 Å². The number of rotatable bonds is 3. The molecule has 0 radical (unpaired) electrons. The van der Waals surface area contributed by atoms with Crippen LogP contribution in [-0.2, 0) is 0 Å². The van der Waals surface area contributed by atoms with Gasteiger partial charge in [-0.15, -0.1) is 5.10 Å². The van der Waals surface area contributed by atoms with Gasteiger partial charge in [-0.25, -0.2) is 4.39 Å². The summed E-state index contributed by atoms with van der Waals surface area (Å²) in [6, 6.07) is 5.75. The molecule has 0 spiro atoms. The highest BCUT2D eigenvalue weighted by Gasteiger charge is 2.26. The van der Waals surface area contributed by atoms with Gasteiger partial charge in [-0.3, -0.25) is 4.90 Å². The predicted molar refractivity (Wildman–Crippen MR) is 101 cm³/mol. The third kappa shape index (κ3) is 3.33. The van der Waals surface area contributed by atoms with E-state index >= 15 is 0 Å². The maximum Gasteiger partial charge on any atom is 0.241 e. The SMILES string of the molecule is Nc1nc(N)n(-c2ccc(N3CCN(C4CCCCC4)CC3)c(F)c2)n1. The number of hydrogen-bond donors (Lipinski definition) is 2. The lowest BCUT2D eigenvalue weighted by atomic mass is 9.94. The van der Waals surface area contributed by atoms with Crippen LogP contribution in [0.1, 0.15) is 32.1 Å². The monoisotopic (exact) mass is 359 g/mol. The van der Waals surface area contributed by atoms with E-state index in [9.17, 15) is 4.39 Å². The van der Waals surface area contributed by atoms with E-state index in [0.29, 0.717) is 11.4 Å². The minimum Gasteiger partial charge on any atom is -0.368 e. The van der Waals surface area contributed by atoms with Gasteiger partial charge in [0.1, 0.15) is 5.82 Å². The van der Waals surface area contributed by atoms with Gasteiger partial charge in [-0.05, 0) is 25.0 Å². The molecule has 0 amide bonds. The Morgan fingerprint density at radius 1 is 1.00 bits per heavy atom. The molecule has 1 aromatic carbocycles. The molecule has 0 atom stereocenters. The van der Waals surface area contributed by atoms with Gasteiger partial charge in [-0.1, -0.05) is 19.3 Å². The molecule has 4 rings (SSSR count). The van der Waals surface area contributed by atoms with Crippen LogP contribution in [0.4, 0.5) is 22.0 Å². The van der Waals surface area contributed by atoms with Crippen LogP contribution in [0.15, 0.2) is 18.2 Å². The molecule has 0 bridgehead atoms. The average molecular weight is 359 g/mol. The van der Waals surface area contributed by atoms with Gasteiger partial charge >= 0.3 is 0 Å². The van der Waals surface area contributed by atoms with E-state index in [1.165, 1.54) is 42.9 Å². The molecule has 1 aliphatic carbocycles. The first-order chi connectivity index (χ1) is 12.6. The molecular weight excluding hydrogens is 333 g/mol. The fourth-order valence-electron chi connectivity index (χ4n) is 4.19. The van der Waals surface area contributed by atoms with Crippen molar-refractivity contribution >= 4 is 17.6 Å². The number of nitrogen functional groups attached to an aromatic ring is 2. The number of aromatic nitrogens is 3. The zero-order valence-corrected chi connectivity index (χ0v) is 14.9. The summed E-state index contributed by atoms with van der Waals surface area (Å²) in [6.07, 6.45) is 6.68. The highest BCUT2D eigenvalue weighted by Crippen LogP contribution is 2.27. The molecule has 2 aromatic rings. The number of nitrogens with two attached hydrogens (primary N) is 2. The second kappa shape index (κ2) is 7.11. The quantitative estimate of drug-likeness (QED) is 0.872.